The number of methoxy groups -OCH3 is 2. The third-order valence-corrected chi connectivity index (χ3v) is 4.35. The molecular formula is C15H23N3O5S. The standard InChI is InChI=1S/C15H23N3O5S/c1-22-13-7-10(15(19)17-8-11(16)9-4-5-9)6-12(14(13)23-2)18-24(3,20)21/h6-7,9,11,18H,4-5,8,16H2,1-3H3,(H,17,19). The fourth-order valence-corrected chi connectivity index (χ4v) is 2.93. The van der Waals surface area contributed by atoms with E-state index >= 15 is 0 Å². The van der Waals surface area contributed by atoms with Gasteiger partial charge in [-0.05, 0) is 30.9 Å². The second-order valence-electron chi connectivity index (χ2n) is 5.84. The molecule has 1 aliphatic carbocycles. The van der Waals surface area contributed by atoms with Crippen LogP contribution in [-0.2, 0) is 10.0 Å². The lowest BCUT2D eigenvalue weighted by Gasteiger charge is -2.16. The summed E-state index contributed by atoms with van der Waals surface area (Å²) in [6.45, 7) is 0.368. The van der Waals surface area contributed by atoms with E-state index in [0.717, 1.165) is 19.1 Å². The monoisotopic (exact) mass is 357 g/mol. The molecule has 0 spiro atoms. The van der Waals surface area contributed by atoms with Crippen LogP contribution in [0.2, 0.25) is 0 Å². The van der Waals surface area contributed by atoms with E-state index in [9.17, 15) is 13.2 Å². The summed E-state index contributed by atoms with van der Waals surface area (Å²) in [5.41, 5.74) is 6.36. The highest BCUT2D eigenvalue weighted by molar-refractivity contribution is 7.92. The summed E-state index contributed by atoms with van der Waals surface area (Å²) in [6, 6.07) is 2.83. The number of anilines is 1. The maximum Gasteiger partial charge on any atom is 0.251 e. The number of sulfonamides is 1. The van der Waals surface area contributed by atoms with Crippen molar-refractivity contribution in [1.29, 1.82) is 0 Å². The molecule has 1 aromatic rings. The summed E-state index contributed by atoms with van der Waals surface area (Å²) in [5, 5.41) is 2.76. The number of carbonyl (C=O) groups is 1. The van der Waals surface area contributed by atoms with Crippen LogP contribution in [-0.4, -0.2) is 47.4 Å². The van der Waals surface area contributed by atoms with Gasteiger partial charge < -0.3 is 20.5 Å². The van der Waals surface area contributed by atoms with Crippen molar-refractivity contribution in [2.24, 2.45) is 11.7 Å². The van der Waals surface area contributed by atoms with Gasteiger partial charge in [-0.15, -0.1) is 0 Å². The van der Waals surface area contributed by atoms with Gasteiger partial charge in [0.2, 0.25) is 10.0 Å². The van der Waals surface area contributed by atoms with E-state index in [-0.39, 0.29) is 34.7 Å². The van der Waals surface area contributed by atoms with Gasteiger partial charge in [0.05, 0.1) is 26.2 Å². The lowest BCUT2D eigenvalue weighted by atomic mass is 10.1. The number of rotatable bonds is 8. The molecule has 24 heavy (non-hydrogen) atoms. The van der Waals surface area contributed by atoms with Crippen LogP contribution >= 0.6 is 0 Å². The lowest BCUT2D eigenvalue weighted by molar-refractivity contribution is 0.0950. The first-order valence-electron chi connectivity index (χ1n) is 7.52. The van der Waals surface area contributed by atoms with E-state index in [1.807, 2.05) is 0 Å². The number of ether oxygens (including phenoxy) is 2. The van der Waals surface area contributed by atoms with E-state index in [1.165, 1.54) is 26.4 Å². The topological polar surface area (TPSA) is 120 Å². The second kappa shape index (κ2) is 7.27. The minimum Gasteiger partial charge on any atom is -0.493 e. The van der Waals surface area contributed by atoms with E-state index < -0.39 is 10.0 Å². The highest BCUT2D eigenvalue weighted by Gasteiger charge is 2.28. The van der Waals surface area contributed by atoms with Crippen molar-refractivity contribution in [3.8, 4) is 11.5 Å². The first kappa shape index (κ1) is 18.3. The summed E-state index contributed by atoms with van der Waals surface area (Å²) in [4.78, 5) is 12.3. The molecule has 1 fully saturated rings. The first-order chi connectivity index (χ1) is 11.2. The molecule has 1 aliphatic rings. The Morgan fingerprint density at radius 2 is 2.00 bits per heavy atom. The third-order valence-electron chi connectivity index (χ3n) is 3.76. The number of hydrogen-bond acceptors (Lipinski definition) is 6. The smallest absolute Gasteiger partial charge is 0.251 e. The van der Waals surface area contributed by atoms with Crippen molar-refractivity contribution in [2.45, 2.75) is 18.9 Å². The van der Waals surface area contributed by atoms with E-state index in [1.54, 1.807) is 0 Å². The predicted molar refractivity (Wildman–Crippen MR) is 91.0 cm³/mol. The number of amides is 1. The molecule has 0 bridgehead atoms. The van der Waals surface area contributed by atoms with Gasteiger partial charge in [-0.2, -0.15) is 0 Å². The van der Waals surface area contributed by atoms with Crippen molar-refractivity contribution in [2.75, 3.05) is 31.7 Å². The Morgan fingerprint density at radius 3 is 2.50 bits per heavy atom. The fourth-order valence-electron chi connectivity index (χ4n) is 2.37. The zero-order valence-corrected chi connectivity index (χ0v) is 14.8. The highest BCUT2D eigenvalue weighted by Crippen LogP contribution is 2.37. The van der Waals surface area contributed by atoms with Crippen molar-refractivity contribution >= 4 is 21.6 Å². The molecule has 0 aliphatic heterocycles. The molecule has 134 valence electrons. The Morgan fingerprint density at radius 1 is 1.33 bits per heavy atom. The largest absolute Gasteiger partial charge is 0.493 e. The van der Waals surface area contributed by atoms with Crippen molar-refractivity contribution in [3.05, 3.63) is 17.7 Å². The number of carbonyl (C=O) groups excluding carboxylic acids is 1. The van der Waals surface area contributed by atoms with E-state index in [4.69, 9.17) is 15.2 Å². The maximum atomic E-state index is 12.3. The Balaban J connectivity index is 2.24. The Labute approximate surface area is 141 Å². The fraction of sp³-hybridized carbons (Fsp3) is 0.533. The minimum absolute atomic E-state index is 0.0669. The van der Waals surface area contributed by atoms with E-state index in [2.05, 4.69) is 10.0 Å². The number of nitrogens with one attached hydrogen (secondary N) is 2. The first-order valence-corrected chi connectivity index (χ1v) is 9.42. The van der Waals surface area contributed by atoms with Crippen LogP contribution in [0, 0.1) is 5.92 Å². The van der Waals surface area contributed by atoms with Gasteiger partial charge in [-0.25, -0.2) is 8.42 Å². The molecule has 2 rings (SSSR count). The van der Waals surface area contributed by atoms with Crippen molar-refractivity contribution < 1.29 is 22.7 Å². The van der Waals surface area contributed by atoms with Gasteiger partial charge in [-0.1, -0.05) is 0 Å². The highest BCUT2D eigenvalue weighted by atomic mass is 32.2. The van der Waals surface area contributed by atoms with Crippen LogP contribution in [0.4, 0.5) is 5.69 Å². The molecule has 1 aromatic carbocycles. The predicted octanol–water partition coefficient (Wildman–Crippen LogP) is 0.542. The van der Waals surface area contributed by atoms with Gasteiger partial charge in [0.25, 0.3) is 5.91 Å². The zero-order valence-electron chi connectivity index (χ0n) is 14.0. The number of benzene rings is 1. The van der Waals surface area contributed by atoms with Gasteiger partial charge >= 0.3 is 0 Å². The molecule has 1 unspecified atom stereocenters. The summed E-state index contributed by atoms with van der Waals surface area (Å²) < 4.78 is 35.7. The third kappa shape index (κ3) is 4.75. The molecule has 0 saturated heterocycles. The second-order valence-corrected chi connectivity index (χ2v) is 7.59. The molecule has 1 atom stereocenters. The summed E-state index contributed by atoms with van der Waals surface area (Å²) in [5.74, 6) is 0.568. The molecule has 0 heterocycles. The average Bonchev–Trinajstić information content (AvgIpc) is 3.34. The van der Waals surface area contributed by atoms with Crippen molar-refractivity contribution in [3.63, 3.8) is 0 Å². The zero-order chi connectivity index (χ0) is 17.9. The quantitative estimate of drug-likeness (QED) is 0.625. The van der Waals surface area contributed by atoms with Crippen LogP contribution in [0.5, 0.6) is 11.5 Å². The Bertz CT molecular complexity index is 716. The van der Waals surface area contributed by atoms with Gasteiger partial charge in [-0.3, -0.25) is 9.52 Å². The maximum absolute atomic E-state index is 12.3. The van der Waals surface area contributed by atoms with Gasteiger partial charge in [0, 0.05) is 18.2 Å². The SMILES string of the molecule is COc1cc(C(=O)NCC(N)C2CC2)cc(NS(C)(=O)=O)c1OC. The lowest BCUT2D eigenvalue weighted by Crippen LogP contribution is -2.38. The van der Waals surface area contributed by atoms with Crippen molar-refractivity contribution in [1.82, 2.24) is 5.32 Å². The van der Waals surface area contributed by atoms with Crippen LogP contribution in [0.25, 0.3) is 0 Å². The Hall–Kier alpha value is -2.00. The van der Waals surface area contributed by atoms with Gasteiger partial charge in [0.15, 0.2) is 11.5 Å². The molecule has 1 saturated carbocycles. The van der Waals surface area contributed by atoms with E-state index in [0.29, 0.717) is 12.5 Å². The van der Waals surface area contributed by atoms with Crippen LogP contribution in [0.3, 0.4) is 0 Å². The van der Waals surface area contributed by atoms with Crippen LogP contribution in [0.15, 0.2) is 12.1 Å². The number of hydrogen-bond donors (Lipinski definition) is 3. The number of nitrogens with two attached hydrogens (primary N) is 1. The molecule has 8 nitrogen and oxygen atoms in total. The summed E-state index contributed by atoms with van der Waals surface area (Å²) in [6.07, 6.45) is 3.20. The average molecular weight is 357 g/mol. The molecule has 4 N–H and O–H groups in total. The normalized spacial score (nSPS) is 15.5. The van der Waals surface area contributed by atoms with Gasteiger partial charge in [0.1, 0.15) is 0 Å². The summed E-state index contributed by atoms with van der Waals surface area (Å²) in [7, 11) is -0.745. The molecule has 0 aromatic heterocycles. The minimum atomic E-state index is -3.54. The molecule has 1 amide bonds. The summed E-state index contributed by atoms with van der Waals surface area (Å²) >= 11 is 0. The molecule has 0 radical (unpaired) electrons. The molecule has 9 heteroatoms. The van der Waals surface area contributed by atoms with Crippen LogP contribution < -0.4 is 25.2 Å². The Kier molecular flexibility index (Phi) is 5.55. The van der Waals surface area contributed by atoms with Crippen LogP contribution in [0.1, 0.15) is 23.2 Å². The molecular weight excluding hydrogens is 334 g/mol.